The quantitative estimate of drug-likeness (QED) is 0.621. The van der Waals surface area contributed by atoms with E-state index in [1.807, 2.05) is 0 Å². The van der Waals surface area contributed by atoms with Crippen LogP contribution in [0, 0.1) is 11.8 Å². The fraction of sp³-hybridized carbons (Fsp3) is 1.00. The highest BCUT2D eigenvalue weighted by atomic mass is 32.1. The topological polar surface area (TPSA) is 0 Å². The molecule has 1 aliphatic rings. The second kappa shape index (κ2) is 4.04. The third kappa shape index (κ3) is 1.99. The fourth-order valence-electron chi connectivity index (χ4n) is 2.44. The highest BCUT2D eigenvalue weighted by Gasteiger charge is 2.37. The SMILES string of the molecule is CCCC1CCCC(C)C1(C)S. The van der Waals surface area contributed by atoms with Crippen LogP contribution < -0.4 is 0 Å². The van der Waals surface area contributed by atoms with Gasteiger partial charge in [0.2, 0.25) is 0 Å². The Balaban J connectivity index is 2.59. The van der Waals surface area contributed by atoms with Crippen molar-refractivity contribution in [1.29, 1.82) is 0 Å². The summed E-state index contributed by atoms with van der Waals surface area (Å²) in [6.45, 7) is 6.97. The van der Waals surface area contributed by atoms with Crippen molar-refractivity contribution in [2.45, 2.75) is 57.6 Å². The second-order valence-electron chi connectivity index (χ2n) is 4.54. The van der Waals surface area contributed by atoms with Crippen LogP contribution >= 0.6 is 12.6 Å². The molecular weight excluding hydrogens is 164 g/mol. The summed E-state index contributed by atoms with van der Waals surface area (Å²) in [7, 11) is 0. The first-order chi connectivity index (χ1) is 5.59. The van der Waals surface area contributed by atoms with Crippen molar-refractivity contribution < 1.29 is 0 Å². The normalized spacial score (nSPS) is 43.0. The molecule has 1 heteroatoms. The second-order valence-corrected chi connectivity index (χ2v) is 5.51. The minimum Gasteiger partial charge on any atom is -0.172 e. The number of thiol groups is 1. The molecule has 0 heterocycles. The molecule has 1 saturated carbocycles. The van der Waals surface area contributed by atoms with Crippen molar-refractivity contribution in [3.63, 3.8) is 0 Å². The van der Waals surface area contributed by atoms with Crippen LogP contribution in [0.4, 0.5) is 0 Å². The minimum atomic E-state index is 0.300. The molecule has 0 nitrogen and oxygen atoms in total. The molecule has 1 aliphatic carbocycles. The molecule has 1 fully saturated rings. The smallest absolute Gasteiger partial charge is 0.0155 e. The lowest BCUT2D eigenvalue weighted by Gasteiger charge is -2.43. The van der Waals surface area contributed by atoms with Crippen molar-refractivity contribution in [3.05, 3.63) is 0 Å². The number of hydrogen-bond donors (Lipinski definition) is 1. The van der Waals surface area contributed by atoms with Gasteiger partial charge in [-0.1, -0.05) is 33.6 Å². The first kappa shape index (κ1) is 10.4. The van der Waals surface area contributed by atoms with Gasteiger partial charge in [0.25, 0.3) is 0 Å². The van der Waals surface area contributed by atoms with E-state index in [1.54, 1.807) is 0 Å². The molecule has 3 unspecified atom stereocenters. The average Bonchev–Trinajstić information content (AvgIpc) is 2.00. The van der Waals surface area contributed by atoms with Crippen molar-refractivity contribution in [2.24, 2.45) is 11.8 Å². The van der Waals surface area contributed by atoms with Gasteiger partial charge in [-0.25, -0.2) is 0 Å². The standard InChI is InChI=1S/C11H22S/c1-4-6-10-8-5-7-9(2)11(10,3)12/h9-10,12H,4-8H2,1-3H3. The molecule has 0 aromatic rings. The zero-order valence-corrected chi connectivity index (χ0v) is 9.53. The Morgan fingerprint density at radius 3 is 2.67 bits per heavy atom. The molecule has 72 valence electrons. The Labute approximate surface area is 82.5 Å². The Morgan fingerprint density at radius 2 is 2.08 bits per heavy atom. The van der Waals surface area contributed by atoms with Crippen LogP contribution in [0.5, 0.6) is 0 Å². The zero-order chi connectivity index (χ0) is 9.19. The summed E-state index contributed by atoms with van der Waals surface area (Å²) in [5, 5.41) is 0. The summed E-state index contributed by atoms with van der Waals surface area (Å²) >= 11 is 4.84. The summed E-state index contributed by atoms with van der Waals surface area (Å²) in [5.41, 5.74) is 0. The molecule has 0 radical (unpaired) electrons. The van der Waals surface area contributed by atoms with Crippen LogP contribution in [0.15, 0.2) is 0 Å². The predicted octanol–water partition coefficient (Wildman–Crippen LogP) is 3.91. The van der Waals surface area contributed by atoms with E-state index < -0.39 is 0 Å². The Bertz CT molecular complexity index is 138. The Hall–Kier alpha value is 0.350. The first-order valence-electron chi connectivity index (χ1n) is 5.31. The van der Waals surface area contributed by atoms with E-state index >= 15 is 0 Å². The van der Waals surface area contributed by atoms with E-state index in [0.717, 1.165) is 11.8 Å². The van der Waals surface area contributed by atoms with Gasteiger partial charge < -0.3 is 0 Å². The van der Waals surface area contributed by atoms with E-state index in [0.29, 0.717) is 4.75 Å². The molecule has 12 heavy (non-hydrogen) atoms. The number of hydrogen-bond acceptors (Lipinski definition) is 1. The van der Waals surface area contributed by atoms with Gasteiger partial charge in [-0.3, -0.25) is 0 Å². The molecule has 0 amide bonds. The highest BCUT2D eigenvalue weighted by Crippen LogP contribution is 2.44. The lowest BCUT2D eigenvalue weighted by molar-refractivity contribution is 0.206. The summed E-state index contributed by atoms with van der Waals surface area (Å²) in [6.07, 6.45) is 6.87. The van der Waals surface area contributed by atoms with Crippen LogP contribution in [0.1, 0.15) is 52.9 Å². The lowest BCUT2D eigenvalue weighted by atomic mass is 9.71. The van der Waals surface area contributed by atoms with Gasteiger partial charge in [0.1, 0.15) is 0 Å². The van der Waals surface area contributed by atoms with Gasteiger partial charge in [0.15, 0.2) is 0 Å². The van der Waals surface area contributed by atoms with E-state index in [-0.39, 0.29) is 0 Å². The fourth-order valence-corrected chi connectivity index (χ4v) is 2.83. The van der Waals surface area contributed by atoms with Gasteiger partial charge in [0.05, 0.1) is 0 Å². The summed E-state index contributed by atoms with van der Waals surface area (Å²) < 4.78 is 0.300. The molecule has 0 aromatic heterocycles. The van der Waals surface area contributed by atoms with Crippen molar-refractivity contribution in [2.75, 3.05) is 0 Å². The monoisotopic (exact) mass is 186 g/mol. The maximum atomic E-state index is 4.84. The largest absolute Gasteiger partial charge is 0.172 e. The molecule has 0 saturated heterocycles. The van der Waals surface area contributed by atoms with Crippen LogP contribution in [-0.4, -0.2) is 4.75 Å². The predicted molar refractivity (Wildman–Crippen MR) is 58.8 cm³/mol. The molecule has 0 spiro atoms. The van der Waals surface area contributed by atoms with Gasteiger partial charge in [-0.2, -0.15) is 12.6 Å². The van der Waals surface area contributed by atoms with Crippen molar-refractivity contribution >= 4 is 12.6 Å². The van der Waals surface area contributed by atoms with E-state index in [2.05, 4.69) is 20.8 Å². The number of rotatable bonds is 2. The van der Waals surface area contributed by atoms with E-state index in [9.17, 15) is 0 Å². The van der Waals surface area contributed by atoms with Crippen LogP contribution in [0.25, 0.3) is 0 Å². The van der Waals surface area contributed by atoms with Gasteiger partial charge in [-0.05, 0) is 31.1 Å². The molecule has 0 aliphatic heterocycles. The molecule has 0 N–H and O–H groups in total. The van der Waals surface area contributed by atoms with Crippen LogP contribution in [-0.2, 0) is 0 Å². The maximum absolute atomic E-state index is 4.84. The van der Waals surface area contributed by atoms with Gasteiger partial charge in [0, 0.05) is 4.75 Å². The lowest BCUT2D eigenvalue weighted by Crippen LogP contribution is -2.39. The van der Waals surface area contributed by atoms with Crippen LogP contribution in [0.3, 0.4) is 0 Å². The average molecular weight is 186 g/mol. The summed E-state index contributed by atoms with van der Waals surface area (Å²) in [6, 6.07) is 0. The Kier molecular flexibility index (Phi) is 3.51. The molecule has 0 aromatic carbocycles. The van der Waals surface area contributed by atoms with Crippen molar-refractivity contribution in [1.82, 2.24) is 0 Å². The highest BCUT2D eigenvalue weighted by molar-refractivity contribution is 7.81. The maximum Gasteiger partial charge on any atom is 0.0155 e. The van der Waals surface area contributed by atoms with Gasteiger partial charge >= 0.3 is 0 Å². The summed E-state index contributed by atoms with van der Waals surface area (Å²) in [4.78, 5) is 0. The van der Waals surface area contributed by atoms with Crippen LogP contribution in [0.2, 0.25) is 0 Å². The minimum absolute atomic E-state index is 0.300. The molecule has 1 rings (SSSR count). The van der Waals surface area contributed by atoms with E-state index in [4.69, 9.17) is 12.6 Å². The van der Waals surface area contributed by atoms with Gasteiger partial charge in [-0.15, -0.1) is 0 Å². The zero-order valence-electron chi connectivity index (χ0n) is 8.64. The summed E-state index contributed by atoms with van der Waals surface area (Å²) in [5.74, 6) is 1.65. The molecular formula is C11H22S. The first-order valence-corrected chi connectivity index (χ1v) is 5.76. The van der Waals surface area contributed by atoms with Crippen molar-refractivity contribution in [3.8, 4) is 0 Å². The molecule has 0 bridgehead atoms. The molecule has 3 atom stereocenters. The third-order valence-electron chi connectivity index (χ3n) is 3.65. The van der Waals surface area contributed by atoms with E-state index in [1.165, 1.54) is 32.1 Å². The Morgan fingerprint density at radius 1 is 1.42 bits per heavy atom. The third-order valence-corrected chi connectivity index (χ3v) is 4.46.